The molecule has 1 aliphatic heterocycles. The van der Waals surface area contributed by atoms with Crippen LogP contribution in [0.25, 0.3) is 10.2 Å². The van der Waals surface area contributed by atoms with Crippen LogP contribution in [0.15, 0.2) is 48.5 Å². The molecule has 0 spiro atoms. The molecule has 140 valence electrons. The molecule has 1 aliphatic rings. The van der Waals surface area contributed by atoms with E-state index in [4.69, 9.17) is 0 Å². The lowest BCUT2D eigenvalue weighted by atomic mass is 10.2. The lowest BCUT2D eigenvalue weighted by Crippen LogP contribution is -2.32. The van der Waals surface area contributed by atoms with Crippen LogP contribution in [0.4, 0.5) is 9.52 Å². The van der Waals surface area contributed by atoms with Crippen LogP contribution in [0, 0.1) is 5.82 Å². The molecule has 0 bridgehead atoms. The molecule has 1 amide bonds. The first-order chi connectivity index (χ1) is 13.7. The summed E-state index contributed by atoms with van der Waals surface area (Å²) in [4.78, 5) is 19.6. The first-order valence-corrected chi connectivity index (χ1v) is 9.84. The molecule has 3 heterocycles. The molecule has 0 atom stereocenters. The van der Waals surface area contributed by atoms with E-state index in [1.54, 1.807) is 11.0 Å². The van der Waals surface area contributed by atoms with Crippen LogP contribution in [0.5, 0.6) is 0 Å². The average Bonchev–Trinajstić information content (AvgIpc) is 3.41. The van der Waals surface area contributed by atoms with Crippen LogP contribution in [0.3, 0.4) is 0 Å². The highest BCUT2D eigenvalue weighted by molar-refractivity contribution is 7.22. The topological polar surface area (TPSA) is 63.9 Å². The Kier molecular flexibility index (Phi) is 4.12. The van der Waals surface area contributed by atoms with Crippen molar-refractivity contribution in [1.82, 2.24) is 19.7 Å². The maximum Gasteiger partial charge on any atom is 0.298 e. The van der Waals surface area contributed by atoms with E-state index in [0.29, 0.717) is 27.7 Å². The SMILES string of the molecule is O=C(c1nnc2n1CCC2)N(Cc1ccccc1)c1nc2ccc(F)cc2s1. The third-order valence-electron chi connectivity index (χ3n) is 4.80. The van der Waals surface area contributed by atoms with Gasteiger partial charge in [0.1, 0.15) is 11.6 Å². The Morgan fingerprint density at radius 3 is 2.89 bits per heavy atom. The molecule has 0 aliphatic carbocycles. The highest BCUT2D eigenvalue weighted by Gasteiger charge is 2.29. The number of hydrogen-bond donors (Lipinski definition) is 0. The van der Waals surface area contributed by atoms with Gasteiger partial charge in [0, 0.05) is 13.0 Å². The third kappa shape index (κ3) is 2.95. The van der Waals surface area contributed by atoms with E-state index in [1.165, 1.54) is 23.5 Å². The molecule has 0 radical (unpaired) electrons. The molecular formula is C20H16FN5OS. The summed E-state index contributed by atoms with van der Waals surface area (Å²) in [5.74, 6) is 0.603. The fourth-order valence-corrected chi connectivity index (χ4v) is 4.41. The largest absolute Gasteiger partial charge is 0.307 e. The van der Waals surface area contributed by atoms with Gasteiger partial charge in [-0.2, -0.15) is 0 Å². The zero-order valence-electron chi connectivity index (χ0n) is 14.9. The number of hydrogen-bond acceptors (Lipinski definition) is 5. The molecule has 2 aromatic carbocycles. The van der Waals surface area contributed by atoms with E-state index in [-0.39, 0.29) is 11.7 Å². The molecule has 0 saturated carbocycles. The van der Waals surface area contributed by atoms with Gasteiger partial charge < -0.3 is 4.57 Å². The van der Waals surface area contributed by atoms with Crippen molar-refractivity contribution in [2.75, 3.05) is 4.90 Å². The van der Waals surface area contributed by atoms with Crippen molar-refractivity contribution in [3.63, 3.8) is 0 Å². The number of anilines is 1. The zero-order chi connectivity index (χ0) is 19.1. The summed E-state index contributed by atoms with van der Waals surface area (Å²) >= 11 is 1.29. The molecule has 0 unspecified atom stereocenters. The van der Waals surface area contributed by atoms with E-state index in [2.05, 4.69) is 15.2 Å². The minimum absolute atomic E-state index is 0.246. The Morgan fingerprint density at radius 1 is 1.18 bits per heavy atom. The molecule has 2 aromatic heterocycles. The van der Waals surface area contributed by atoms with Crippen LogP contribution in [-0.2, 0) is 19.5 Å². The Labute approximate surface area is 164 Å². The fraction of sp³-hybridized carbons (Fsp3) is 0.200. The Balaban J connectivity index is 1.58. The van der Waals surface area contributed by atoms with Crippen molar-refractivity contribution in [2.45, 2.75) is 25.9 Å². The number of rotatable bonds is 4. The molecule has 0 N–H and O–H groups in total. The minimum atomic E-state index is -0.320. The van der Waals surface area contributed by atoms with Crippen molar-refractivity contribution in [2.24, 2.45) is 0 Å². The summed E-state index contributed by atoms with van der Waals surface area (Å²) < 4.78 is 16.2. The predicted molar refractivity (Wildman–Crippen MR) is 105 cm³/mol. The third-order valence-corrected chi connectivity index (χ3v) is 5.84. The van der Waals surface area contributed by atoms with Gasteiger partial charge >= 0.3 is 0 Å². The van der Waals surface area contributed by atoms with Crippen molar-refractivity contribution in [3.05, 3.63) is 71.6 Å². The predicted octanol–water partition coefficient (Wildman–Crippen LogP) is 3.82. The van der Waals surface area contributed by atoms with Crippen LogP contribution in [0.2, 0.25) is 0 Å². The highest BCUT2D eigenvalue weighted by atomic mass is 32.1. The number of aryl methyl sites for hydroxylation is 1. The molecule has 0 saturated heterocycles. The summed E-state index contributed by atoms with van der Waals surface area (Å²) in [5, 5.41) is 8.80. The smallest absolute Gasteiger partial charge is 0.298 e. The van der Waals surface area contributed by atoms with Crippen LogP contribution < -0.4 is 4.90 Å². The number of benzene rings is 2. The van der Waals surface area contributed by atoms with Gasteiger partial charge in [-0.1, -0.05) is 41.7 Å². The second-order valence-corrected chi connectivity index (χ2v) is 7.69. The molecule has 8 heteroatoms. The molecule has 5 rings (SSSR count). The van der Waals surface area contributed by atoms with Gasteiger partial charge in [0.15, 0.2) is 5.13 Å². The number of amides is 1. The minimum Gasteiger partial charge on any atom is -0.307 e. The standard InChI is InChI=1S/C20H16FN5OS/c21-14-8-9-15-16(11-14)28-20(22-15)26(12-13-5-2-1-3-6-13)19(27)18-24-23-17-7-4-10-25(17)18/h1-3,5-6,8-9,11H,4,7,10,12H2. The maximum absolute atomic E-state index is 13.6. The Morgan fingerprint density at radius 2 is 2.04 bits per heavy atom. The summed E-state index contributed by atoms with van der Waals surface area (Å²) in [6.45, 7) is 1.10. The number of carbonyl (C=O) groups excluding carboxylic acids is 1. The van der Waals surface area contributed by atoms with E-state index in [1.807, 2.05) is 34.9 Å². The molecular weight excluding hydrogens is 377 g/mol. The van der Waals surface area contributed by atoms with Crippen molar-refractivity contribution >= 4 is 32.6 Å². The molecule has 28 heavy (non-hydrogen) atoms. The normalized spacial score (nSPS) is 13.0. The Hall–Kier alpha value is -3.13. The van der Waals surface area contributed by atoms with Gasteiger partial charge in [-0.25, -0.2) is 9.37 Å². The molecule has 4 aromatic rings. The highest BCUT2D eigenvalue weighted by Crippen LogP contribution is 2.31. The van der Waals surface area contributed by atoms with E-state index in [9.17, 15) is 9.18 Å². The summed E-state index contributed by atoms with van der Waals surface area (Å²) in [5.41, 5.74) is 1.64. The maximum atomic E-state index is 13.6. The van der Waals surface area contributed by atoms with Crippen molar-refractivity contribution in [3.8, 4) is 0 Å². The van der Waals surface area contributed by atoms with Gasteiger partial charge in [0.05, 0.1) is 16.8 Å². The van der Waals surface area contributed by atoms with Crippen molar-refractivity contribution < 1.29 is 9.18 Å². The van der Waals surface area contributed by atoms with Gasteiger partial charge in [-0.3, -0.25) is 9.69 Å². The van der Waals surface area contributed by atoms with Gasteiger partial charge in [-0.05, 0) is 30.2 Å². The van der Waals surface area contributed by atoms with Crippen LogP contribution >= 0.6 is 11.3 Å². The number of carbonyl (C=O) groups is 1. The second-order valence-electron chi connectivity index (χ2n) is 6.68. The number of fused-ring (bicyclic) bond motifs is 2. The van der Waals surface area contributed by atoms with Crippen LogP contribution in [0.1, 0.15) is 28.4 Å². The zero-order valence-corrected chi connectivity index (χ0v) is 15.7. The van der Waals surface area contributed by atoms with Crippen LogP contribution in [-0.4, -0.2) is 25.7 Å². The monoisotopic (exact) mass is 393 g/mol. The number of thiazole rings is 1. The summed E-state index contributed by atoms with van der Waals surface area (Å²) in [6, 6.07) is 14.2. The number of aromatic nitrogens is 4. The summed E-state index contributed by atoms with van der Waals surface area (Å²) in [7, 11) is 0. The second kappa shape index (κ2) is 6.79. The molecule has 0 fully saturated rings. The Bertz CT molecular complexity index is 1170. The fourth-order valence-electron chi connectivity index (χ4n) is 3.42. The lowest BCUT2D eigenvalue weighted by Gasteiger charge is -2.19. The van der Waals surface area contributed by atoms with Crippen molar-refractivity contribution in [1.29, 1.82) is 0 Å². The van der Waals surface area contributed by atoms with E-state index in [0.717, 1.165) is 30.8 Å². The number of nitrogens with zero attached hydrogens (tertiary/aromatic N) is 5. The first-order valence-electron chi connectivity index (χ1n) is 9.03. The quantitative estimate of drug-likeness (QED) is 0.529. The number of halogens is 1. The van der Waals surface area contributed by atoms with Gasteiger partial charge in [0.25, 0.3) is 5.91 Å². The van der Waals surface area contributed by atoms with E-state index >= 15 is 0 Å². The summed E-state index contributed by atoms with van der Waals surface area (Å²) in [6.07, 6.45) is 1.80. The lowest BCUT2D eigenvalue weighted by molar-refractivity contribution is 0.0970. The van der Waals surface area contributed by atoms with E-state index < -0.39 is 0 Å². The van der Waals surface area contributed by atoms with Gasteiger partial charge in [0.2, 0.25) is 5.82 Å². The average molecular weight is 393 g/mol. The van der Waals surface area contributed by atoms with Gasteiger partial charge in [-0.15, -0.1) is 10.2 Å². The first kappa shape index (κ1) is 17.0. The molecule has 6 nitrogen and oxygen atoms in total.